The number of thioether (sulfide) groups is 1. The molecule has 2 heterocycles. The van der Waals surface area contributed by atoms with E-state index in [0.29, 0.717) is 16.3 Å². The lowest BCUT2D eigenvalue weighted by atomic mass is 10.1. The fraction of sp³-hybridized carbons (Fsp3) is 0.200. The first-order valence-electron chi connectivity index (χ1n) is 7.04. The van der Waals surface area contributed by atoms with Crippen LogP contribution in [0.2, 0.25) is 0 Å². The molecular weight excluding hydrogens is 314 g/mol. The molecule has 3 aromatic rings. The average molecular weight is 329 g/mol. The van der Waals surface area contributed by atoms with Crippen molar-refractivity contribution in [2.45, 2.75) is 18.1 Å². The van der Waals surface area contributed by atoms with Crippen LogP contribution in [0.3, 0.4) is 0 Å². The van der Waals surface area contributed by atoms with E-state index in [1.165, 1.54) is 18.1 Å². The van der Waals surface area contributed by atoms with E-state index >= 15 is 0 Å². The maximum atomic E-state index is 12.0. The van der Waals surface area contributed by atoms with Gasteiger partial charge in [0.1, 0.15) is 0 Å². The highest BCUT2D eigenvalue weighted by Crippen LogP contribution is 2.15. The number of hydrogen-bond acceptors (Lipinski definition) is 5. The van der Waals surface area contributed by atoms with E-state index in [4.69, 9.17) is 0 Å². The summed E-state index contributed by atoms with van der Waals surface area (Å²) in [7, 11) is 0. The van der Waals surface area contributed by atoms with Gasteiger partial charge in [0.05, 0.1) is 18.1 Å². The van der Waals surface area contributed by atoms with Crippen molar-refractivity contribution in [1.82, 2.24) is 25.3 Å². The highest BCUT2D eigenvalue weighted by atomic mass is 32.2. The zero-order chi connectivity index (χ0) is 16.2. The second kappa shape index (κ2) is 6.66. The van der Waals surface area contributed by atoms with Gasteiger partial charge < -0.3 is 10.3 Å². The van der Waals surface area contributed by atoms with E-state index in [-0.39, 0.29) is 23.3 Å². The summed E-state index contributed by atoms with van der Waals surface area (Å²) in [6.07, 6.45) is 1.41. The van der Waals surface area contributed by atoms with Crippen LogP contribution in [0.5, 0.6) is 0 Å². The van der Waals surface area contributed by atoms with Crippen molar-refractivity contribution in [2.24, 2.45) is 0 Å². The van der Waals surface area contributed by atoms with Crippen LogP contribution < -0.4 is 10.9 Å². The highest BCUT2D eigenvalue weighted by molar-refractivity contribution is 7.99. The highest BCUT2D eigenvalue weighted by Gasteiger charge is 2.11. The number of benzene rings is 1. The zero-order valence-electron chi connectivity index (χ0n) is 12.4. The quantitative estimate of drug-likeness (QED) is 0.487. The van der Waals surface area contributed by atoms with Gasteiger partial charge in [-0.1, -0.05) is 42.1 Å². The normalized spacial score (nSPS) is 12.2. The van der Waals surface area contributed by atoms with Crippen molar-refractivity contribution in [3.8, 4) is 0 Å². The predicted molar refractivity (Wildman–Crippen MR) is 88.2 cm³/mol. The molecule has 1 aromatic carbocycles. The van der Waals surface area contributed by atoms with Crippen molar-refractivity contribution in [2.75, 3.05) is 5.75 Å². The van der Waals surface area contributed by atoms with Gasteiger partial charge >= 0.3 is 0 Å². The maximum Gasteiger partial charge on any atom is 0.277 e. The third kappa shape index (κ3) is 3.59. The number of aromatic amines is 2. The first kappa shape index (κ1) is 15.3. The Hall–Kier alpha value is -2.61. The first-order valence-corrected chi connectivity index (χ1v) is 8.02. The second-order valence-corrected chi connectivity index (χ2v) is 5.92. The minimum Gasteiger partial charge on any atom is -0.349 e. The molecule has 7 nitrogen and oxygen atoms in total. The molecule has 0 bridgehead atoms. The van der Waals surface area contributed by atoms with Crippen molar-refractivity contribution in [1.29, 1.82) is 0 Å². The average Bonchev–Trinajstić information content (AvgIpc) is 3.03. The molecular formula is C15H15N5O2S. The number of amides is 1. The smallest absolute Gasteiger partial charge is 0.277 e. The minimum atomic E-state index is -0.298. The van der Waals surface area contributed by atoms with Crippen LogP contribution in [-0.2, 0) is 4.79 Å². The Morgan fingerprint density at radius 1 is 1.35 bits per heavy atom. The zero-order valence-corrected chi connectivity index (χ0v) is 13.2. The van der Waals surface area contributed by atoms with Crippen LogP contribution in [0, 0.1) is 0 Å². The second-order valence-electron chi connectivity index (χ2n) is 4.96. The van der Waals surface area contributed by atoms with Gasteiger partial charge in [0.2, 0.25) is 5.91 Å². The van der Waals surface area contributed by atoms with Crippen LogP contribution in [0.15, 0.2) is 46.6 Å². The van der Waals surface area contributed by atoms with Gasteiger partial charge in [-0.15, -0.1) is 0 Å². The third-order valence-corrected chi connectivity index (χ3v) is 4.16. The number of nitrogens with one attached hydrogen (secondary N) is 3. The molecule has 1 amide bonds. The molecule has 0 saturated heterocycles. The molecule has 8 heteroatoms. The van der Waals surface area contributed by atoms with E-state index in [1.807, 2.05) is 37.3 Å². The molecule has 3 rings (SSSR count). The Bertz CT molecular complexity index is 874. The van der Waals surface area contributed by atoms with Gasteiger partial charge in [0.25, 0.3) is 5.56 Å². The number of rotatable bonds is 5. The van der Waals surface area contributed by atoms with Gasteiger partial charge in [-0.05, 0) is 12.5 Å². The van der Waals surface area contributed by atoms with Gasteiger partial charge in [0.15, 0.2) is 16.3 Å². The van der Waals surface area contributed by atoms with Crippen molar-refractivity contribution in [3.63, 3.8) is 0 Å². The SMILES string of the molecule is C[C@H](NC(=O)CSc1nc2nc[nH]c2c(=O)[nH]1)c1ccccc1. The predicted octanol–water partition coefficient (Wildman–Crippen LogP) is 1.62. The Morgan fingerprint density at radius 3 is 2.91 bits per heavy atom. The Balaban J connectivity index is 1.61. The van der Waals surface area contributed by atoms with Gasteiger partial charge in [0, 0.05) is 0 Å². The van der Waals surface area contributed by atoms with Crippen LogP contribution in [-0.4, -0.2) is 31.6 Å². The number of nitrogens with zero attached hydrogens (tertiary/aromatic N) is 2. The topological polar surface area (TPSA) is 104 Å². The number of carbonyl (C=O) groups excluding carboxylic acids is 1. The van der Waals surface area contributed by atoms with Crippen molar-refractivity contribution in [3.05, 3.63) is 52.6 Å². The minimum absolute atomic E-state index is 0.0786. The number of carbonyl (C=O) groups is 1. The summed E-state index contributed by atoms with van der Waals surface area (Å²) in [6, 6.07) is 9.64. The molecule has 0 radical (unpaired) electrons. The molecule has 0 spiro atoms. The number of fused-ring (bicyclic) bond motifs is 1. The van der Waals surface area contributed by atoms with Crippen LogP contribution in [0.1, 0.15) is 18.5 Å². The van der Waals surface area contributed by atoms with Crippen LogP contribution >= 0.6 is 11.8 Å². The summed E-state index contributed by atoms with van der Waals surface area (Å²) in [4.78, 5) is 37.3. The summed E-state index contributed by atoms with van der Waals surface area (Å²) < 4.78 is 0. The number of H-pyrrole nitrogens is 2. The molecule has 0 fully saturated rings. The number of imidazole rings is 1. The van der Waals surface area contributed by atoms with E-state index in [1.54, 1.807) is 0 Å². The van der Waals surface area contributed by atoms with E-state index in [0.717, 1.165) is 5.56 Å². The fourth-order valence-electron chi connectivity index (χ4n) is 2.13. The van der Waals surface area contributed by atoms with Crippen molar-refractivity contribution >= 4 is 28.8 Å². The maximum absolute atomic E-state index is 12.0. The molecule has 23 heavy (non-hydrogen) atoms. The summed E-state index contributed by atoms with van der Waals surface area (Å²) in [5.74, 6) is 0.0342. The summed E-state index contributed by atoms with van der Waals surface area (Å²) in [5.41, 5.74) is 1.41. The van der Waals surface area contributed by atoms with E-state index < -0.39 is 0 Å². The molecule has 0 aliphatic heterocycles. The lowest BCUT2D eigenvalue weighted by Gasteiger charge is -2.13. The molecule has 2 aromatic heterocycles. The molecule has 118 valence electrons. The standard InChI is InChI=1S/C15H15N5O2S/c1-9(10-5-3-2-4-6-10)18-11(21)7-23-15-19-13-12(14(22)20-15)16-8-17-13/h2-6,8-9H,7H2,1H3,(H,18,21)(H2,16,17,19,20,22)/t9-/m0/s1. The van der Waals surface area contributed by atoms with Gasteiger partial charge in [-0.2, -0.15) is 0 Å². The van der Waals surface area contributed by atoms with Gasteiger partial charge in [-0.25, -0.2) is 9.97 Å². The number of aromatic nitrogens is 4. The largest absolute Gasteiger partial charge is 0.349 e. The third-order valence-electron chi connectivity index (χ3n) is 3.29. The van der Waals surface area contributed by atoms with Crippen LogP contribution in [0.25, 0.3) is 11.2 Å². The molecule has 0 saturated carbocycles. The molecule has 1 atom stereocenters. The molecule has 0 aliphatic carbocycles. The van der Waals surface area contributed by atoms with Gasteiger partial charge in [-0.3, -0.25) is 14.6 Å². The van der Waals surface area contributed by atoms with E-state index in [9.17, 15) is 9.59 Å². The molecule has 0 aliphatic rings. The van der Waals surface area contributed by atoms with Crippen molar-refractivity contribution < 1.29 is 4.79 Å². The van der Waals surface area contributed by atoms with E-state index in [2.05, 4.69) is 25.3 Å². The Labute approximate surface area is 135 Å². The first-order chi connectivity index (χ1) is 11.1. The lowest BCUT2D eigenvalue weighted by Crippen LogP contribution is -2.28. The fourth-order valence-corrected chi connectivity index (χ4v) is 2.80. The summed E-state index contributed by atoms with van der Waals surface area (Å²) in [5, 5.41) is 3.28. The number of hydrogen-bond donors (Lipinski definition) is 3. The molecule has 0 unspecified atom stereocenters. The molecule has 3 N–H and O–H groups in total. The summed E-state index contributed by atoms with van der Waals surface area (Å²) >= 11 is 1.17. The summed E-state index contributed by atoms with van der Waals surface area (Å²) in [6.45, 7) is 1.92. The monoisotopic (exact) mass is 329 g/mol. The lowest BCUT2D eigenvalue weighted by molar-refractivity contribution is -0.119. The van der Waals surface area contributed by atoms with Crippen LogP contribution in [0.4, 0.5) is 0 Å². The Morgan fingerprint density at radius 2 is 2.13 bits per heavy atom. The Kier molecular flexibility index (Phi) is 4.42.